The Morgan fingerprint density at radius 3 is 1.07 bits per heavy atom. The van der Waals surface area contributed by atoms with Crippen LogP contribution in [-0.4, -0.2) is 242 Å². The van der Waals surface area contributed by atoms with Gasteiger partial charge in [-0.2, -0.15) is 0 Å². The molecule has 9 aromatic rings. The van der Waals surface area contributed by atoms with Crippen molar-refractivity contribution < 1.29 is 66.1 Å². The van der Waals surface area contributed by atoms with E-state index < -0.39 is 109 Å². The summed E-state index contributed by atoms with van der Waals surface area (Å²) in [4.78, 5) is 193. The van der Waals surface area contributed by atoms with Gasteiger partial charge in [0.15, 0.2) is 0 Å². The molecular formula is C88H102F3N15O17. The second kappa shape index (κ2) is 36.9. The number of halogens is 3. The summed E-state index contributed by atoms with van der Waals surface area (Å²) < 4.78 is 58.8. The van der Waals surface area contributed by atoms with Crippen molar-refractivity contribution in [3.05, 3.63) is 241 Å². The molecule has 6 fully saturated rings. The molecule has 0 spiro atoms. The minimum Gasteiger partial charge on any atom is -0.480 e. The van der Waals surface area contributed by atoms with Crippen molar-refractivity contribution >= 4 is 80.4 Å². The number of carboxylic acids is 1. The molecule has 6 saturated heterocycles. The average molecular weight is 1700 g/mol. The Morgan fingerprint density at radius 1 is 0.398 bits per heavy atom. The number of nitrogens with one attached hydrogen (secondary N) is 5. The Morgan fingerprint density at radius 2 is 0.724 bits per heavy atom. The topological polar surface area (TPSA) is 387 Å². The van der Waals surface area contributed by atoms with Crippen molar-refractivity contribution in [2.75, 3.05) is 98.2 Å². The lowest BCUT2D eigenvalue weighted by molar-refractivity contribution is -0.148. The first-order chi connectivity index (χ1) is 58.3. The summed E-state index contributed by atoms with van der Waals surface area (Å²) in [6.45, 7) is 22.4. The smallest absolute Gasteiger partial charge is 0.411 e. The predicted molar refractivity (Wildman–Crippen MR) is 451 cm³/mol. The summed E-state index contributed by atoms with van der Waals surface area (Å²) in [6.07, 6.45) is 3.03. The molecule has 0 unspecified atom stereocenters. The van der Waals surface area contributed by atoms with Crippen molar-refractivity contribution in [3.8, 4) is 0 Å². The van der Waals surface area contributed by atoms with Crippen LogP contribution in [0, 0.1) is 17.5 Å². The van der Waals surface area contributed by atoms with Crippen LogP contribution in [0.4, 0.5) is 22.8 Å². The molecule has 3 atom stereocenters. The molecule has 15 rings (SSSR count). The van der Waals surface area contributed by atoms with Gasteiger partial charge in [-0.05, 0) is 197 Å². The van der Waals surface area contributed by atoms with Crippen molar-refractivity contribution in [1.82, 2.24) is 73.6 Å². The lowest BCUT2D eigenvalue weighted by Gasteiger charge is -2.41. The van der Waals surface area contributed by atoms with Gasteiger partial charge in [0.05, 0.1) is 74.6 Å². The number of fused-ring (bicyclic) bond motifs is 3. The predicted octanol–water partition coefficient (Wildman–Crippen LogP) is 7.04. The number of aromatic nitrogens is 6. The number of hydrogen-bond acceptors (Lipinski definition) is 18. The summed E-state index contributed by atoms with van der Waals surface area (Å²) in [5.74, 6) is -4.41. The highest BCUT2D eigenvalue weighted by atomic mass is 19.1. The number of carbonyl (C=O) groups excluding carboxylic acids is 7. The first kappa shape index (κ1) is 89.5. The summed E-state index contributed by atoms with van der Waals surface area (Å²) in [6, 6.07) is 32.7. The number of nitrogens with zero attached hydrogens (tertiary/aromatic N) is 10. The largest absolute Gasteiger partial charge is 0.480 e. The number of amides is 7. The maximum atomic E-state index is 14.9. The lowest BCUT2D eigenvalue weighted by Crippen LogP contribution is -2.60. The number of piperazine rings is 3. The Bertz CT molecular complexity index is 5960. The van der Waals surface area contributed by atoms with E-state index in [9.17, 15) is 80.3 Å². The van der Waals surface area contributed by atoms with Gasteiger partial charge in [0.2, 0.25) is 11.8 Å². The van der Waals surface area contributed by atoms with E-state index in [4.69, 9.17) is 14.6 Å². The zero-order valence-corrected chi connectivity index (χ0v) is 70.2. The van der Waals surface area contributed by atoms with E-state index in [0.717, 1.165) is 19.4 Å². The van der Waals surface area contributed by atoms with Crippen LogP contribution >= 0.6 is 0 Å². The Labute approximate surface area is 704 Å². The first-order valence-corrected chi connectivity index (χ1v) is 40.9. The SMILES string of the molecule is CC(C)(C)OC(=O)N1CCC[C@@]1(C)C(=O)N1CCN(C(=O)c2cc(Cn3c(=O)[nH]c(=O)c4ccccc43)ccc2F)CC1.CC(C)(C)OC(=O)N1CCC[C@@]1(C)C(=O)O.C[C@@]1(C(=O)N2CCN(C(=O)c3cc(Cn4c(=O)[nH]c(=O)c5ccccc54)ccc3F)CC2)CCCN1.O=C(c1cc(Cn2c(=O)[nH]c(=O)c3ccccc32)ccc1F)N1CCNCC1. The molecule has 0 aliphatic carbocycles. The molecule has 652 valence electrons. The fraction of sp³-hybridized carbons (Fsp3) is 0.432. The fourth-order valence-corrected chi connectivity index (χ4v) is 16.2. The second-order valence-electron chi connectivity index (χ2n) is 33.9. The third-order valence-corrected chi connectivity index (χ3v) is 22.9. The highest BCUT2D eigenvalue weighted by Crippen LogP contribution is 2.35. The fourth-order valence-electron chi connectivity index (χ4n) is 16.2. The number of H-pyrrole nitrogens is 3. The zero-order valence-electron chi connectivity index (χ0n) is 70.2. The van der Waals surface area contributed by atoms with E-state index in [0.29, 0.717) is 141 Å². The van der Waals surface area contributed by atoms with Crippen molar-refractivity contribution in [2.45, 2.75) is 148 Å². The quantitative estimate of drug-likeness (QED) is 0.0714. The third kappa shape index (κ3) is 20.1. The van der Waals surface area contributed by atoms with Crippen LogP contribution in [0.3, 0.4) is 0 Å². The number of aliphatic carboxylic acids is 1. The summed E-state index contributed by atoms with van der Waals surface area (Å²) in [5.41, 5.74) is -4.40. The van der Waals surface area contributed by atoms with E-state index in [1.54, 1.807) is 148 Å². The minimum atomic E-state index is -1.12. The Balaban J connectivity index is 0.000000157. The van der Waals surface area contributed by atoms with Gasteiger partial charge < -0.3 is 49.7 Å². The van der Waals surface area contributed by atoms with Crippen LogP contribution in [0.25, 0.3) is 32.7 Å². The number of hydrogen-bond donors (Lipinski definition) is 6. The van der Waals surface area contributed by atoms with Crippen LogP contribution in [0.2, 0.25) is 0 Å². The number of rotatable bonds is 12. The molecule has 6 aliphatic heterocycles. The molecule has 35 heteroatoms. The van der Waals surface area contributed by atoms with Gasteiger partial charge in [0.25, 0.3) is 34.4 Å². The number of likely N-dealkylation sites (tertiary alicyclic amines) is 2. The molecule has 6 N–H and O–H groups in total. The first-order valence-electron chi connectivity index (χ1n) is 40.9. The van der Waals surface area contributed by atoms with Crippen LogP contribution in [0.1, 0.15) is 149 Å². The molecular weight excluding hydrogens is 1600 g/mol. The normalized spacial score (nSPS) is 19.2. The molecule has 32 nitrogen and oxygen atoms in total. The van der Waals surface area contributed by atoms with E-state index in [2.05, 4.69) is 25.6 Å². The van der Waals surface area contributed by atoms with Gasteiger partial charge in [-0.15, -0.1) is 0 Å². The second-order valence-corrected chi connectivity index (χ2v) is 33.9. The monoisotopic (exact) mass is 1700 g/mol. The van der Waals surface area contributed by atoms with Crippen molar-refractivity contribution in [2.24, 2.45) is 0 Å². The van der Waals surface area contributed by atoms with E-state index in [1.165, 1.54) is 83.0 Å². The molecule has 0 bridgehead atoms. The van der Waals surface area contributed by atoms with E-state index >= 15 is 0 Å². The molecule has 7 amide bonds. The van der Waals surface area contributed by atoms with Crippen molar-refractivity contribution in [1.29, 1.82) is 0 Å². The maximum absolute atomic E-state index is 14.9. The molecule has 9 heterocycles. The number of aromatic amines is 3. The highest BCUT2D eigenvalue weighted by molar-refractivity contribution is 5.97. The molecule has 3 aromatic heterocycles. The maximum Gasteiger partial charge on any atom is 0.411 e. The van der Waals surface area contributed by atoms with Gasteiger partial charge in [-0.1, -0.05) is 54.6 Å². The number of para-hydroxylation sites is 3. The minimum absolute atomic E-state index is 0.0128. The van der Waals surface area contributed by atoms with E-state index in [1.807, 2.05) is 6.92 Å². The van der Waals surface area contributed by atoms with Gasteiger partial charge in [-0.25, -0.2) is 41.9 Å². The molecule has 123 heavy (non-hydrogen) atoms. The number of carboxylic acid groups (broad SMARTS) is 1. The number of benzene rings is 6. The molecule has 6 aromatic carbocycles. The molecule has 6 aliphatic rings. The van der Waals surface area contributed by atoms with Crippen molar-refractivity contribution in [3.63, 3.8) is 0 Å². The number of carbonyl (C=O) groups is 8. The lowest BCUT2D eigenvalue weighted by atomic mass is 9.96. The van der Waals surface area contributed by atoms with Gasteiger partial charge in [0.1, 0.15) is 39.7 Å². The Kier molecular flexibility index (Phi) is 26.8. The van der Waals surface area contributed by atoms with Gasteiger partial charge >= 0.3 is 35.2 Å². The number of ether oxygens (including phenoxy) is 2. The van der Waals surface area contributed by atoms with Crippen LogP contribution in [-0.2, 0) is 43.5 Å². The van der Waals surface area contributed by atoms with Gasteiger partial charge in [0, 0.05) is 91.6 Å². The third-order valence-electron chi connectivity index (χ3n) is 22.9. The summed E-state index contributed by atoms with van der Waals surface area (Å²) in [7, 11) is 0. The average Bonchev–Trinajstić information content (AvgIpc) is 1.75. The van der Waals surface area contributed by atoms with Gasteiger partial charge in [-0.3, -0.25) is 76.8 Å². The summed E-state index contributed by atoms with van der Waals surface area (Å²) in [5, 5.41) is 16.7. The standard InChI is InChI=1S/C31H36FN5O6.C26H28FN5O4.C20H19FN4O3.C11H19NO4/c1-30(2,3)43-29(42)37-13-7-12-31(37,4)27(40)35-16-14-34(15-17-35)26(39)22-18-20(10-11-23(22)32)19-36-24-9-6-5-8-21(24)25(38)33-28(36)41;1-26(9-4-10-28-26)24(35)31-13-11-30(12-14-31)23(34)19-15-17(7-8-20(19)27)16-32-21-6-3-2-5-18(21)22(33)29-25(32)36;21-16-6-5-13(11-15(16)19(27)24-9-7-22-8-10-24)12-25-17-4-2-1-3-14(17)18(26)23-20(25)28;1-10(2,3)16-9(15)12-7-5-6-11(12,4)8(13)14/h5-6,8-11,18H,7,12-17,19H2,1-4H3,(H,33,38,41);2-3,5-8,15,28H,4,9-14,16H2,1H3,(H,29,33,36);1-6,11,22H,7-10,12H2,(H,23,26,28);5-7H2,1-4H3,(H,13,14)/t31-;26-;;11-/m00.0/s1. The van der Waals surface area contributed by atoms with Crippen LogP contribution in [0.5, 0.6) is 0 Å². The van der Waals surface area contributed by atoms with Crippen LogP contribution < -0.4 is 44.4 Å². The molecule has 0 saturated carbocycles. The Hall–Kier alpha value is -12.8. The van der Waals surface area contributed by atoms with Crippen LogP contribution in [0.15, 0.2) is 156 Å². The zero-order chi connectivity index (χ0) is 88.8. The summed E-state index contributed by atoms with van der Waals surface area (Å²) >= 11 is 0. The molecule has 0 radical (unpaired) electrons. The highest BCUT2D eigenvalue weighted by Gasteiger charge is 2.51. The van der Waals surface area contributed by atoms with E-state index in [-0.39, 0.29) is 80.2 Å².